The zero-order chi connectivity index (χ0) is 25.2. The maximum Gasteiger partial charge on any atom is 0.348 e. The maximum absolute atomic E-state index is 13.0. The van der Waals surface area contributed by atoms with E-state index in [1.165, 1.54) is 9.96 Å². The fourth-order valence-electron chi connectivity index (χ4n) is 4.71. The van der Waals surface area contributed by atoms with Crippen LogP contribution in [0.3, 0.4) is 0 Å². The van der Waals surface area contributed by atoms with Crippen LogP contribution in [-0.2, 0) is 6.54 Å². The number of hydrogen-bond acceptors (Lipinski definition) is 6. The van der Waals surface area contributed by atoms with E-state index >= 15 is 0 Å². The van der Waals surface area contributed by atoms with Gasteiger partial charge in [0.05, 0.1) is 11.1 Å². The number of amides is 1. The van der Waals surface area contributed by atoms with E-state index in [-0.39, 0.29) is 11.6 Å². The van der Waals surface area contributed by atoms with Gasteiger partial charge in [0.2, 0.25) is 0 Å². The monoisotopic (exact) mass is 487 g/mol. The number of benzene rings is 2. The average Bonchev–Trinajstić information content (AvgIpc) is 3.25. The second-order valence-corrected chi connectivity index (χ2v) is 9.85. The molecule has 0 unspecified atom stereocenters. The van der Waals surface area contributed by atoms with Crippen LogP contribution in [0, 0.1) is 0 Å². The molecule has 0 radical (unpaired) electrons. The topological polar surface area (TPSA) is 89.0 Å². The lowest BCUT2D eigenvalue weighted by atomic mass is 10.00. The molecule has 0 bridgehead atoms. The van der Waals surface area contributed by atoms with Gasteiger partial charge in [0.1, 0.15) is 0 Å². The smallest absolute Gasteiger partial charge is 0.348 e. The number of rotatable bonds is 7. The fourth-order valence-corrected chi connectivity index (χ4v) is 4.71. The van der Waals surface area contributed by atoms with E-state index in [0.29, 0.717) is 28.7 Å². The Morgan fingerprint density at radius 1 is 1.03 bits per heavy atom. The molecule has 0 atom stereocenters. The van der Waals surface area contributed by atoms with Crippen molar-refractivity contribution >= 4 is 22.5 Å². The molecule has 5 rings (SSSR count). The molecule has 1 saturated heterocycles. The first-order valence-corrected chi connectivity index (χ1v) is 12.4. The Labute approximate surface area is 210 Å². The van der Waals surface area contributed by atoms with Crippen molar-refractivity contribution in [1.29, 1.82) is 0 Å². The molecule has 2 aromatic heterocycles. The number of carbonyl (C=O) groups excluding carboxylic acids is 1. The molecule has 36 heavy (non-hydrogen) atoms. The minimum absolute atomic E-state index is 0.180. The third-order valence-electron chi connectivity index (χ3n) is 6.88. The number of aromatic nitrogens is 3. The molecule has 1 fully saturated rings. The lowest BCUT2D eigenvalue weighted by Gasteiger charge is -2.32. The van der Waals surface area contributed by atoms with Gasteiger partial charge in [-0.25, -0.2) is 14.3 Å². The van der Waals surface area contributed by atoms with Crippen LogP contribution in [0.1, 0.15) is 15.9 Å². The summed E-state index contributed by atoms with van der Waals surface area (Å²) in [6, 6.07) is 16.1. The number of H-pyrrole nitrogens is 1. The first kappa shape index (κ1) is 24.2. The summed E-state index contributed by atoms with van der Waals surface area (Å²) >= 11 is 0. The van der Waals surface area contributed by atoms with E-state index in [1.807, 2.05) is 37.2 Å². The molecule has 188 valence electrons. The summed E-state index contributed by atoms with van der Waals surface area (Å²) in [7, 11) is 6.09. The molecule has 1 amide bonds. The Bertz CT molecular complexity index is 1430. The van der Waals surface area contributed by atoms with Gasteiger partial charge in [-0.15, -0.1) is 0 Å². The van der Waals surface area contributed by atoms with Gasteiger partial charge in [0, 0.05) is 51.2 Å². The Balaban J connectivity index is 1.45. The normalized spacial score (nSPS) is 15.2. The highest BCUT2D eigenvalue weighted by Crippen LogP contribution is 2.27. The quantitative estimate of drug-likeness (QED) is 0.414. The lowest BCUT2D eigenvalue weighted by molar-refractivity contribution is 0.0952. The predicted molar refractivity (Wildman–Crippen MR) is 142 cm³/mol. The van der Waals surface area contributed by atoms with E-state index in [0.717, 1.165) is 50.4 Å². The number of nitrogens with one attached hydrogen (secondary N) is 2. The van der Waals surface area contributed by atoms with Crippen molar-refractivity contribution in [3.05, 3.63) is 70.1 Å². The van der Waals surface area contributed by atoms with Crippen LogP contribution in [0.4, 0.5) is 0 Å². The molecule has 2 N–H and O–H groups in total. The highest BCUT2D eigenvalue weighted by atomic mass is 16.2. The first-order chi connectivity index (χ1) is 17.4. The molecule has 3 heterocycles. The third-order valence-corrected chi connectivity index (χ3v) is 6.88. The number of fused-ring (bicyclic) bond motifs is 3. The van der Waals surface area contributed by atoms with Gasteiger partial charge in [0.25, 0.3) is 5.91 Å². The van der Waals surface area contributed by atoms with Gasteiger partial charge in [-0.3, -0.25) is 9.69 Å². The molecule has 2 aromatic carbocycles. The highest BCUT2D eigenvalue weighted by molar-refractivity contribution is 6.08. The molecule has 4 aromatic rings. The standard InChI is InChI=1S/C27H33N7O2/c1-31(2)11-10-28-26(35)23-17-25-29-30-27(36)34(25)24-16-21(8-9-22(23)24)20-6-4-19(5-7-20)18-33-14-12-32(3)13-15-33/h4-9,16-17H,10-15,18H2,1-3H3,(H,28,35)(H,30,36). The summed E-state index contributed by atoms with van der Waals surface area (Å²) in [6.45, 7) is 6.60. The number of likely N-dealkylation sites (N-methyl/N-ethyl adjacent to an activating group) is 2. The SMILES string of the molecule is CN(C)CCNC(=O)c1cc2n[nH]c(=O)n2c2cc(-c3ccc(CN4CCN(C)CC4)cc3)ccc12. The Hall–Kier alpha value is -3.53. The number of aromatic amines is 1. The number of pyridine rings is 1. The molecule has 9 heteroatoms. The lowest BCUT2D eigenvalue weighted by Crippen LogP contribution is -2.43. The number of hydrogen-bond donors (Lipinski definition) is 2. The van der Waals surface area contributed by atoms with Crippen LogP contribution < -0.4 is 11.0 Å². The Morgan fingerprint density at radius 2 is 1.75 bits per heavy atom. The van der Waals surface area contributed by atoms with Crippen molar-refractivity contribution in [2.24, 2.45) is 0 Å². The third kappa shape index (κ3) is 5.04. The summed E-state index contributed by atoms with van der Waals surface area (Å²) in [4.78, 5) is 32.4. The van der Waals surface area contributed by atoms with Crippen molar-refractivity contribution < 1.29 is 4.79 Å². The summed E-state index contributed by atoms with van der Waals surface area (Å²) in [6.07, 6.45) is 0. The van der Waals surface area contributed by atoms with Crippen molar-refractivity contribution in [1.82, 2.24) is 34.6 Å². The molecular weight excluding hydrogens is 454 g/mol. The maximum atomic E-state index is 13.0. The highest BCUT2D eigenvalue weighted by Gasteiger charge is 2.17. The van der Waals surface area contributed by atoms with Crippen LogP contribution in [-0.4, -0.2) is 95.6 Å². The van der Waals surface area contributed by atoms with Crippen molar-refractivity contribution in [3.8, 4) is 11.1 Å². The molecular formula is C27H33N7O2. The van der Waals surface area contributed by atoms with E-state index in [9.17, 15) is 9.59 Å². The van der Waals surface area contributed by atoms with Crippen LogP contribution in [0.25, 0.3) is 27.7 Å². The zero-order valence-electron chi connectivity index (χ0n) is 21.1. The van der Waals surface area contributed by atoms with Crippen molar-refractivity contribution in [3.63, 3.8) is 0 Å². The largest absolute Gasteiger partial charge is 0.351 e. The van der Waals surface area contributed by atoms with Gasteiger partial charge in [-0.1, -0.05) is 36.4 Å². The average molecular weight is 488 g/mol. The van der Waals surface area contributed by atoms with Crippen LogP contribution in [0.2, 0.25) is 0 Å². The molecule has 9 nitrogen and oxygen atoms in total. The Morgan fingerprint density at radius 3 is 2.47 bits per heavy atom. The van der Waals surface area contributed by atoms with Gasteiger partial charge >= 0.3 is 5.69 Å². The second kappa shape index (κ2) is 10.2. The Kier molecular flexibility index (Phi) is 6.86. The summed E-state index contributed by atoms with van der Waals surface area (Å²) < 4.78 is 1.52. The minimum Gasteiger partial charge on any atom is -0.351 e. The van der Waals surface area contributed by atoms with Crippen molar-refractivity contribution in [2.75, 3.05) is 60.4 Å². The second-order valence-electron chi connectivity index (χ2n) is 9.85. The zero-order valence-corrected chi connectivity index (χ0v) is 21.1. The predicted octanol–water partition coefficient (Wildman–Crippen LogP) is 1.88. The number of carbonyl (C=O) groups is 1. The van der Waals surface area contributed by atoms with Gasteiger partial charge in [0.15, 0.2) is 5.65 Å². The molecule has 0 saturated carbocycles. The summed E-state index contributed by atoms with van der Waals surface area (Å²) in [5.41, 5.74) is 4.58. The van der Waals surface area contributed by atoms with Crippen LogP contribution in [0.5, 0.6) is 0 Å². The number of piperazine rings is 1. The molecule has 0 aliphatic carbocycles. The van der Waals surface area contributed by atoms with E-state index in [1.54, 1.807) is 6.07 Å². The molecule has 1 aliphatic rings. The van der Waals surface area contributed by atoms with Gasteiger partial charge < -0.3 is 15.1 Å². The molecule has 0 spiro atoms. The number of nitrogens with zero attached hydrogens (tertiary/aromatic N) is 5. The van der Waals surface area contributed by atoms with Crippen LogP contribution >= 0.6 is 0 Å². The van der Waals surface area contributed by atoms with Gasteiger partial charge in [-0.05, 0) is 50.0 Å². The van der Waals surface area contributed by atoms with Crippen molar-refractivity contribution in [2.45, 2.75) is 6.54 Å². The van der Waals surface area contributed by atoms with E-state index in [2.05, 4.69) is 56.6 Å². The van der Waals surface area contributed by atoms with Crippen LogP contribution in [0.15, 0.2) is 53.3 Å². The fraction of sp³-hybridized carbons (Fsp3) is 0.370. The summed E-state index contributed by atoms with van der Waals surface area (Å²) in [5, 5.41) is 10.3. The van der Waals surface area contributed by atoms with E-state index in [4.69, 9.17) is 0 Å². The van der Waals surface area contributed by atoms with Gasteiger partial charge in [-0.2, -0.15) is 5.10 Å². The first-order valence-electron chi connectivity index (χ1n) is 12.4. The van der Waals surface area contributed by atoms with E-state index < -0.39 is 0 Å². The molecule has 1 aliphatic heterocycles. The summed E-state index contributed by atoms with van der Waals surface area (Å²) in [5.74, 6) is -0.180. The minimum atomic E-state index is -0.325.